The van der Waals surface area contributed by atoms with Crippen molar-refractivity contribution in [1.29, 1.82) is 0 Å². The minimum absolute atomic E-state index is 0.0170. The number of urea groups is 1. The molecule has 1 atom stereocenters. The van der Waals surface area contributed by atoms with Crippen molar-refractivity contribution in [1.82, 2.24) is 9.80 Å². The zero-order valence-corrected chi connectivity index (χ0v) is 14.8. The molecule has 0 radical (unpaired) electrons. The molecule has 2 saturated heterocycles. The minimum atomic E-state index is -0.475. The maximum atomic E-state index is 12.4. The number of esters is 1. The minimum Gasteiger partial charge on any atom is -0.465 e. The van der Waals surface area contributed by atoms with E-state index in [0.717, 1.165) is 12.8 Å². The summed E-state index contributed by atoms with van der Waals surface area (Å²) in [5.41, 5.74) is 0.444. The van der Waals surface area contributed by atoms with Crippen molar-refractivity contribution < 1.29 is 23.9 Å². The van der Waals surface area contributed by atoms with Gasteiger partial charge in [0.25, 0.3) is 5.91 Å². The lowest BCUT2D eigenvalue weighted by molar-refractivity contribution is -0.142. The highest BCUT2D eigenvalue weighted by Gasteiger charge is 2.31. The molecule has 2 fully saturated rings. The average Bonchev–Trinajstić information content (AvgIpc) is 3.32. The van der Waals surface area contributed by atoms with Crippen molar-refractivity contribution in [2.75, 3.05) is 45.2 Å². The zero-order valence-electron chi connectivity index (χ0n) is 14.0. The van der Waals surface area contributed by atoms with E-state index in [-0.39, 0.29) is 18.0 Å². The van der Waals surface area contributed by atoms with Gasteiger partial charge < -0.3 is 24.6 Å². The molecule has 3 amide bonds. The molecule has 0 aromatic carbocycles. The molecule has 3 heterocycles. The summed E-state index contributed by atoms with van der Waals surface area (Å²) in [7, 11) is 1.30. The molecule has 0 spiro atoms. The maximum absolute atomic E-state index is 12.4. The van der Waals surface area contributed by atoms with E-state index in [1.165, 1.54) is 18.4 Å². The lowest BCUT2D eigenvalue weighted by Crippen LogP contribution is -2.53. The summed E-state index contributed by atoms with van der Waals surface area (Å²) in [5, 5.41) is 4.47. The predicted molar refractivity (Wildman–Crippen MR) is 91.8 cm³/mol. The molecule has 3 rings (SSSR count). The number of piperazine rings is 1. The highest BCUT2D eigenvalue weighted by molar-refractivity contribution is 7.12. The number of amides is 3. The number of carbonyl (C=O) groups is 3. The summed E-state index contributed by atoms with van der Waals surface area (Å²) >= 11 is 1.21. The number of hydrogen-bond acceptors (Lipinski definition) is 6. The van der Waals surface area contributed by atoms with Crippen LogP contribution >= 0.6 is 11.3 Å². The molecular weight excluding hydrogens is 346 g/mol. The topological polar surface area (TPSA) is 88.2 Å². The van der Waals surface area contributed by atoms with Gasteiger partial charge in [-0.3, -0.25) is 4.79 Å². The Morgan fingerprint density at radius 1 is 1.24 bits per heavy atom. The second kappa shape index (κ2) is 7.83. The summed E-state index contributed by atoms with van der Waals surface area (Å²) in [6.45, 7) is 2.51. The van der Waals surface area contributed by atoms with Crippen LogP contribution in [-0.2, 0) is 14.3 Å². The number of hydrogen-bond donors (Lipinski definition) is 1. The number of carbonyl (C=O) groups excluding carboxylic acids is 3. The summed E-state index contributed by atoms with van der Waals surface area (Å²) in [6, 6.07) is 1.39. The van der Waals surface area contributed by atoms with E-state index < -0.39 is 5.97 Å². The van der Waals surface area contributed by atoms with E-state index in [2.05, 4.69) is 5.32 Å². The smallest absolute Gasteiger partial charge is 0.350 e. The van der Waals surface area contributed by atoms with Gasteiger partial charge in [0.1, 0.15) is 11.0 Å². The predicted octanol–water partition coefficient (Wildman–Crippen LogP) is 1.39. The molecule has 0 saturated carbocycles. The fourth-order valence-electron chi connectivity index (χ4n) is 2.96. The lowest BCUT2D eigenvalue weighted by atomic mass is 10.2. The van der Waals surface area contributed by atoms with Gasteiger partial charge in [0.05, 0.1) is 12.8 Å². The van der Waals surface area contributed by atoms with E-state index in [1.807, 2.05) is 0 Å². The molecular formula is C16H21N3O5S. The Morgan fingerprint density at radius 2 is 1.96 bits per heavy atom. The van der Waals surface area contributed by atoms with Crippen LogP contribution in [0.25, 0.3) is 0 Å². The van der Waals surface area contributed by atoms with Crippen LogP contribution in [0.4, 0.5) is 10.5 Å². The molecule has 1 aromatic rings. The summed E-state index contributed by atoms with van der Waals surface area (Å²) < 4.78 is 10.1. The summed E-state index contributed by atoms with van der Waals surface area (Å²) in [5.74, 6) is -0.458. The normalized spacial score (nSPS) is 20.4. The van der Waals surface area contributed by atoms with Crippen molar-refractivity contribution in [3.63, 3.8) is 0 Å². The third-order valence-electron chi connectivity index (χ3n) is 4.36. The number of ether oxygens (including phenoxy) is 2. The first-order valence-corrected chi connectivity index (χ1v) is 9.10. The molecule has 0 aliphatic carbocycles. The van der Waals surface area contributed by atoms with Crippen molar-refractivity contribution in [2.24, 2.45) is 0 Å². The van der Waals surface area contributed by atoms with Crippen LogP contribution in [0.1, 0.15) is 22.5 Å². The first-order valence-electron chi connectivity index (χ1n) is 8.22. The van der Waals surface area contributed by atoms with Crippen molar-refractivity contribution in [3.05, 3.63) is 16.3 Å². The van der Waals surface area contributed by atoms with Gasteiger partial charge in [0.2, 0.25) is 0 Å². The Morgan fingerprint density at radius 3 is 2.60 bits per heavy atom. The molecule has 1 unspecified atom stereocenters. The van der Waals surface area contributed by atoms with Gasteiger partial charge in [-0.25, -0.2) is 9.59 Å². The molecule has 136 valence electrons. The van der Waals surface area contributed by atoms with Gasteiger partial charge in [-0.15, -0.1) is 11.3 Å². The number of nitrogens with one attached hydrogen (secondary N) is 1. The second-order valence-electron chi connectivity index (χ2n) is 5.90. The van der Waals surface area contributed by atoms with E-state index in [1.54, 1.807) is 21.2 Å². The van der Waals surface area contributed by atoms with Gasteiger partial charge in [0, 0.05) is 32.8 Å². The summed E-state index contributed by atoms with van der Waals surface area (Å²) in [4.78, 5) is 40.1. The van der Waals surface area contributed by atoms with Crippen LogP contribution in [0.15, 0.2) is 11.4 Å². The van der Waals surface area contributed by atoms with Gasteiger partial charge in [-0.2, -0.15) is 0 Å². The molecule has 1 aromatic heterocycles. The van der Waals surface area contributed by atoms with Crippen molar-refractivity contribution in [2.45, 2.75) is 18.9 Å². The molecule has 25 heavy (non-hydrogen) atoms. The van der Waals surface area contributed by atoms with Gasteiger partial charge >= 0.3 is 12.0 Å². The quantitative estimate of drug-likeness (QED) is 0.816. The van der Waals surface area contributed by atoms with Crippen LogP contribution in [0.2, 0.25) is 0 Å². The van der Waals surface area contributed by atoms with Crippen molar-refractivity contribution in [3.8, 4) is 0 Å². The van der Waals surface area contributed by atoms with Crippen molar-refractivity contribution >= 4 is 34.9 Å². The molecule has 8 nitrogen and oxygen atoms in total. The van der Waals surface area contributed by atoms with E-state index in [4.69, 9.17) is 9.47 Å². The molecule has 2 aliphatic heterocycles. The number of methoxy groups -OCH3 is 1. The second-order valence-corrected chi connectivity index (χ2v) is 6.82. The average molecular weight is 367 g/mol. The Hall–Kier alpha value is -2.13. The van der Waals surface area contributed by atoms with Crippen LogP contribution < -0.4 is 5.32 Å². The van der Waals surface area contributed by atoms with Gasteiger partial charge in [-0.05, 0) is 24.3 Å². The third kappa shape index (κ3) is 3.93. The largest absolute Gasteiger partial charge is 0.465 e. The Labute approximate surface area is 149 Å². The first kappa shape index (κ1) is 17.7. The van der Waals surface area contributed by atoms with E-state index in [9.17, 15) is 14.4 Å². The lowest BCUT2D eigenvalue weighted by Gasteiger charge is -2.35. The van der Waals surface area contributed by atoms with Crippen LogP contribution in [0.3, 0.4) is 0 Å². The summed E-state index contributed by atoms with van der Waals surface area (Å²) in [6.07, 6.45) is 1.37. The maximum Gasteiger partial charge on any atom is 0.350 e. The van der Waals surface area contributed by atoms with Gasteiger partial charge in [0.15, 0.2) is 0 Å². The van der Waals surface area contributed by atoms with Crippen LogP contribution in [0.5, 0.6) is 0 Å². The molecule has 0 bridgehead atoms. The Bertz CT molecular complexity index is 648. The van der Waals surface area contributed by atoms with Crippen LogP contribution in [0, 0.1) is 0 Å². The number of anilines is 1. The van der Waals surface area contributed by atoms with E-state index in [0.29, 0.717) is 43.4 Å². The number of rotatable bonds is 3. The fourth-order valence-corrected chi connectivity index (χ4v) is 3.72. The monoisotopic (exact) mass is 367 g/mol. The SMILES string of the molecule is COC(=O)c1sccc1NC(=O)N1CCN(C(=O)C2CCCO2)CC1. The third-order valence-corrected chi connectivity index (χ3v) is 5.26. The number of nitrogens with zero attached hydrogens (tertiary/aromatic N) is 2. The van der Waals surface area contributed by atoms with Gasteiger partial charge in [-0.1, -0.05) is 0 Å². The fraction of sp³-hybridized carbons (Fsp3) is 0.562. The highest BCUT2D eigenvalue weighted by atomic mass is 32.1. The molecule has 2 aliphatic rings. The Balaban J connectivity index is 1.52. The number of thiophene rings is 1. The highest BCUT2D eigenvalue weighted by Crippen LogP contribution is 2.23. The Kier molecular flexibility index (Phi) is 5.54. The molecule has 9 heteroatoms. The van der Waals surface area contributed by atoms with E-state index >= 15 is 0 Å². The first-order chi connectivity index (χ1) is 12.1. The standard InChI is InChI=1S/C16H21N3O5S/c1-23-15(21)13-11(4-10-25-13)17-16(22)19-7-5-18(6-8-19)14(20)12-3-2-9-24-12/h4,10,12H,2-3,5-9H2,1H3,(H,17,22). The van der Waals surface area contributed by atoms with Crippen LogP contribution in [-0.4, -0.2) is 73.7 Å². The molecule has 1 N–H and O–H groups in total. The zero-order chi connectivity index (χ0) is 17.8.